The number of amides is 1. The summed E-state index contributed by atoms with van der Waals surface area (Å²) in [5, 5.41) is 0. The standard InChI is InChI=1S/C29H30N2O2/c1-23-8-6-9-24(20-23)21-30-17-7-12-28(30)22-31(18-19-33-2)29(32)27-15-13-26(14-16-27)25-10-4-3-5-11-25/h3-17,20H,18-19,21-22H2,1-2H3. The van der Waals surface area contributed by atoms with E-state index >= 15 is 0 Å². The molecule has 1 aromatic heterocycles. The van der Waals surface area contributed by atoms with E-state index < -0.39 is 0 Å². The van der Waals surface area contributed by atoms with Crippen molar-refractivity contribution in [1.82, 2.24) is 9.47 Å². The van der Waals surface area contributed by atoms with Crippen LogP contribution in [0.15, 0.2) is 97.2 Å². The highest BCUT2D eigenvalue weighted by Gasteiger charge is 2.18. The van der Waals surface area contributed by atoms with Crippen LogP contribution >= 0.6 is 0 Å². The van der Waals surface area contributed by atoms with Crippen LogP contribution in [0.1, 0.15) is 27.2 Å². The van der Waals surface area contributed by atoms with Crippen molar-refractivity contribution in [3.63, 3.8) is 0 Å². The Morgan fingerprint density at radius 2 is 1.64 bits per heavy atom. The molecule has 4 heteroatoms. The first-order valence-electron chi connectivity index (χ1n) is 11.3. The number of nitrogens with zero attached hydrogens (tertiary/aromatic N) is 2. The van der Waals surface area contributed by atoms with Gasteiger partial charge in [-0.3, -0.25) is 4.79 Å². The molecule has 3 aromatic carbocycles. The summed E-state index contributed by atoms with van der Waals surface area (Å²) in [6, 6.07) is 30.7. The zero-order chi connectivity index (χ0) is 23.0. The van der Waals surface area contributed by atoms with Gasteiger partial charge < -0.3 is 14.2 Å². The summed E-state index contributed by atoms with van der Waals surface area (Å²) in [4.78, 5) is 15.3. The van der Waals surface area contributed by atoms with Gasteiger partial charge in [-0.1, -0.05) is 72.3 Å². The Labute approximate surface area is 196 Å². The third-order valence-electron chi connectivity index (χ3n) is 5.80. The van der Waals surface area contributed by atoms with Gasteiger partial charge in [-0.2, -0.15) is 0 Å². The van der Waals surface area contributed by atoms with Crippen LogP contribution < -0.4 is 0 Å². The topological polar surface area (TPSA) is 34.5 Å². The highest BCUT2D eigenvalue weighted by Crippen LogP contribution is 2.20. The number of ether oxygens (including phenoxy) is 1. The third kappa shape index (κ3) is 5.79. The van der Waals surface area contributed by atoms with Crippen LogP contribution in [0.3, 0.4) is 0 Å². The van der Waals surface area contributed by atoms with Crippen molar-refractivity contribution in [3.05, 3.63) is 120 Å². The second-order valence-corrected chi connectivity index (χ2v) is 8.28. The first kappa shape index (κ1) is 22.6. The quantitative estimate of drug-likeness (QED) is 0.331. The van der Waals surface area contributed by atoms with Gasteiger partial charge in [0.05, 0.1) is 13.2 Å². The third-order valence-corrected chi connectivity index (χ3v) is 5.80. The average Bonchev–Trinajstić information content (AvgIpc) is 3.28. The molecule has 0 aliphatic carbocycles. The van der Waals surface area contributed by atoms with Gasteiger partial charge in [-0.05, 0) is 47.9 Å². The number of hydrogen-bond donors (Lipinski definition) is 0. The van der Waals surface area contributed by atoms with Crippen molar-refractivity contribution in [1.29, 1.82) is 0 Å². The van der Waals surface area contributed by atoms with Crippen LogP contribution in [0.5, 0.6) is 0 Å². The van der Waals surface area contributed by atoms with E-state index in [1.54, 1.807) is 7.11 Å². The fourth-order valence-corrected chi connectivity index (χ4v) is 4.02. The summed E-state index contributed by atoms with van der Waals surface area (Å²) < 4.78 is 7.50. The van der Waals surface area contributed by atoms with Crippen LogP contribution in [0.4, 0.5) is 0 Å². The summed E-state index contributed by atoms with van der Waals surface area (Å²) in [6.45, 7) is 4.44. The maximum Gasteiger partial charge on any atom is 0.254 e. The lowest BCUT2D eigenvalue weighted by atomic mass is 10.0. The van der Waals surface area contributed by atoms with E-state index in [2.05, 4.69) is 60.2 Å². The maximum absolute atomic E-state index is 13.4. The summed E-state index contributed by atoms with van der Waals surface area (Å²) in [7, 11) is 1.66. The Morgan fingerprint density at radius 3 is 2.36 bits per heavy atom. The minimum Gasteiger partial charge on any atom is -0.383 e. The number of aryl methyl sites for hydroxylation is 1. The van der Waals surface area contributed by atoms with E-state index in [9.17, 15) is 4.79 Å². The van der Waals surface area contributed by atoms with Crippen molar-refractivity contribution in [3.8, 4) is 11.1 Å². The molecule has 4 nitrogen and oxygen atoms in total. The Hall–Kier alpha value is -3.63. The van der Waals surface area contributed by atoms with Gasteiger partial charge in [0.1, 0.15) is 0 Å². The molecule has 0 saturated heterocycles. The van der Waals surface area contributed by atoms with Crippen LogP contribution in [0.25, 0.3) is 11.1 Å². The molecule has 4 rings (SSSR count). The lowest BCUT2D eigenvalue weighted by Crippen LogP contribution is -2.34. The largest absolute Gasteiger partial charge is 0.383 e. The monoisotopic (exact) mass is 438 g/mol. The smallest absolute Gasteiger partial charge is 0.254 e. The fraction of sp³-hybridized carbons (Fsp3) is 0.207. The molecule has 4 aromatic rings. The van der Waals surface area contributed by atoms with Crippen LogP contribution in [-0.2, 0) is 17.8 Å². The summed E-state index contributed by atoms with van der Waals surface area (Å²) >= 11 is 0. The highest BCUT2D eigenvalue weighted by molar-refractivity contribution is 5.94. The van der Waals surface area contributed by atoms with Crippen molar-refractivity contribution in [2.24, 2.45) is 0 Å². The molecule has 33 heavy (non-hydrogen) atoms. The number of methoxy groups -OCH3 is 1. The lowest BCUT2D eigenvalue weighted by molar-refractivity contribution is 0.0676. The summed E-state index contributed by atoms with van der Waals surface area (Å²) in [6.07, 6.45) is 2.07. The first-order valence-corrected chi connectivity index (χ1v) is 11.3. The van der Waals surface area contributed by atoms with E-state index in [4.69, 9.17) is 4.74 Å². The van der Waals surface area contributed by atoms with Crippen molar-refractivity contribution in [2.45, 2.75) is 20.0 Å². The zero-order valence-corrected chi connectivity index (χ0v) is 19.3. The predicted octanol–water partition coefficient (Wildman–Crippen LogP) is 5.80. The van der Waals surface area contributed by atoms with Gasteiger partial charge in [0.25, 0.3) is 5.91 Å². The fourth-order valence-electron chi connectivity index (χ4n) is 4.02. The Kier molecular flexibility index (Phi) is 7.38. The Bertz CT molecular complexity index is 1180. The van der Waals surface area contributed by atoms with E-state index in [1.807, 2.05) is 53.4 Å². The molecule has 0 aliphatic heterocycles. The maximum atomic E-state index is 13.4. The number of hydrogen-bond acceptors (Lipinski definition) is 2. The molecule has 0 radical (unpaired) electrons. The highest BCUT2D eigenvalue weighted by atomic mass is 16.5. The number of carbonyl (C=O) groups excluding carboxylic acids is 1. The number of carbonyl (C=O) groups is 1. The molecule has 0 atom stereocenters. The molecule has 1 heterocycles. The predicted molar refractivity (Wildman–Crippen MR) is 133 cm³/mol. The van der Waals surface area contributed by atoms with Crippen molar-refractivity contribution < 1.29 is 9.53 Å². The van der Waals surface area contributed by atoms with E-state index in [0.29, 0.717) is 25.3 Å². The Balaban J connectivity index is 1.52. The van der Waals surface area contributed by atoms with Gasteiger partial charge in [0.2, 0.25) is 0 Å². The van der Waals surface area contributed by atoms with E-state index in [1.165, 1.54) is 11.1 Å². The van der Waals surface area contributed by atoms with Crippen molar-refractivity contribution >= 4 is 5.91 Å². The molecule has 168 valence electrons. The number of benzene rings is 3. The van der Waals surface area contributed by atoms with E-state index in [0.717, 1.165) is 23.4 Å². The molecule has 0 saturated carbocycles. The normalized spacial score (nSPS) is 10.8. The summed E-state index contributed by atoms with van der Waals surface area (Å²) in [5.41, 5.74) is 6.52. The SMILES string of the molecule is COCCN(Cc1cccn1Cc1cccc(C)c1)C(=O)c1ccc(-c2ccccc2)cc1. The molecular formula is C29H30N2O2. The van der Waals surface area contributed by atoms with Gasteiger partial charge in [0.15, 0.2) is 0 Å². The molecule has 0 bridgehead atoms. The average molecular weight is 439 g/mol. The first-order chi connectivity index (χ1) is 16.1. The minimum atomic E-state index is 0.00923. The number of rotatable bonds is 9. The lowest BCUT2D eigenvalue weighted by Gasteiger charge is -2.24. The molecule has 0 N–H and O–H groups in total. The van der Waals surface area contributed by atoms with E-state index in [-0.39, 0.29) is 5.91 Å². The molecule has 0 unspecified atom stereocenters. The molecule has 0 aliphatic rings. The minimum absolute atomic E-state index is 0.00923. The summed E-state index contributed by atoms with van der Waals surface area (Å²) in [5.74, 6) is 0.00923. The van der Waals surface area contributed by atoms with Crippen LogP contribution in [0.2, 0.25) is 0 Å². The van der Waals surface area contributed by atoms with Crippen LogP contribution in [-0.4, -0.2) is 35.6 Å². The molecular weight excluding hydrogens is 408 g/mol. The van der Waals surface area contributed by atoms with Gasteiger partial charge >= 0.3 is 0 Å². The molecule has 1 amide bonds. The van der Waals surface area contributed by atoms with Gasteiger partial charge in [-0.15, -0.1) is 0 Å². The Morgan fingerprint density at radius 1 is 0.879 bits per heavy atom. The van der Waals surface area contributed by atoms with Gasteiger partial charge in [-0.25, -0.2) is 0 Å². The van der Waals surface area contributed by atoms with Crippen LogP contribution in [0, 0.1) is 6.92 Å². The second-order valence-electron chi connectivity index (χ2n) is 8.28. The molecule has 0 fully saturated rings. The molecule has 0 spiro atoms. The second kappa shape index (κ2) is 10.8. The number of aromatic nitrogens is 1. The van der Waals surface area contributed by atoms with Crippen molar-refractivity contribution in [2.75, 3.05) is 20.3 Å². The zero-order valence-electron chi connectivity index (χ0n) is 19.3. The van der Waals surface area contributed by atoms with Gasteiger partial charge in [0, 0.05) is 37.7 Å².